The van der Waals surface area contributed by atoms with Gasteiger partial charge in [0.2, 0.25) is 0 Å². The molecule has 0 spiro atoms. The van der Waals surface area contributed by atoms with Crippen LogP contribution in [0.5, 0.6) is 0 Å². The van der Waals surface area contributed by atoms with Crippen LogP contribution < -0.4 is 0 Å². The molecule has 140 valence electrons. The Morgan fingerprint density at radius 2 is 1.48 bits per heavy atom. The Hall–Kier alpha value is -1.94. The van der Waals surface area contributed by atoms with Crippen LogP contribution in [0, 0.1) is 6.92 Å². The van der Waals surface area contributed by atoms with Crippen molar-refractivity contribution in [1.29, 1.82) is 0 Å². The molecule has 0 aliphatic carbocycles. The summed E-state index contributed by atoms with van der Waals surface area (Å²) in [5, 5.41) is 11.0. The molecule has 0 bridgehead atoms. The summed E-state index contributed by atoms with van der Waals surface area (Å²) in [7, 11) is -1.62. The van der Waals surface area contributed by atoms with E-state index in [1.165, 1.54) is 0 Å². The summed E-state index contributed by atoms with van der Waals surface area (Å²) in [6.07, 6.45) is 0.109. The van der Waals surface area contributed by atoms with Crippen LogP contribution in [0.2, 0.25) is 0 Å². The van der Waals surface area contributed by atoms with E-state index >= 15 is 0 Å². The van der Waals surface area contributed by atoms with Crippen LogP contribution in [0.25, 0.3) is 0 Å². The fraction of sp³-hybridized carbons (Fsp3) is 0.217. The topological polar surface area (TPSA) is 37.3 Å². The second kappa shape index (κ2) is 8.83. The third kappa shape index (κ3) is 4.49. The molecule has 0 aromatic heterocycles. The Bertz CT molecular complexity index is 881. The largest absolute Gasteiger partial charge is 0.390 e. The van der Waals surface area contributed by atoms with Gasteiger partial charge in [0.25, 0.3) is 0 Å². The Morgan fingerprint density at radius 1 is 0.926 bits per heavy atom. The van der Waals surface area contributed by atoms with Crippen LogP contribution in [0.1, 0.15) is 23.1 Å². The highest BCUT2D eigenvalue weighted by atomic mass is 35.5. The minimum Gasteiger partial charge on any atom is -0.390 e. The van der Waals surface area contributed by atoms with Crippen LogP contribution in [0.15, 0.2) is 89.8 Å². The first-order chi connectivity index (χ1) is 13.0. The second-order valence-corrected chi connectivity index (χ2v) is 9.11. The molecule has 1 unspecified atom stereocenters. The molecule has 0 amide bonds. The minimum atomic E-state index is -1.62. The van der Waals surface area contributed by atoms with Gasteiger partial charge in [-0.3, -0.25) is 4.21 Å². The smallest absolute Gasteiger partial charge is 0.174 e. The molecule has 0 aliphatic heterocycles. The highest BCUT2D eigenvalue weighted by Gasteiger charge is 2.44. The molecular weight excluding hydrogens is 376 g/mol. The van der Waals surface area contributed by atoms with Crippen molar-refractivity contribution in [3.8, 4) is 0 Å². The quantitative estimate of drug-likeness (QED) is 0.556. The van der Waals surface area contributed by atoms with Crippen LogP contribution in [0.3, 0.4) is 0 Å². The van der Waals surface area contributed by atoms with Gasteiger partial charge in [-0.15, -0.1) is 0 Å². The van der Waals surface area contributed by atoms with E-state index in [-0.39, 0.29) is 0 Å². The maximum Gasteiger partial charge on any atom is 0.174 e. The van der Waals surface area contributed by atoms with Gasteiger partial charge in [0, 0.05) is 4.90 Å². The minimum absolute atomic E-state index is 0.417. The van der Waals surface area contributed by atoms with Gasteiger partial charge in [-0.25, -0.2) is 0 Å². The van der Waals surface area contributed by atoms with Crippen molar-refractivity contribution in [3.63, 3.8) is 0 Å². The Kier molecular flexibility index (Phi) is 6.48. The lowest BCUT2D eigenvalue weighted by atomic mass is 10.0. The van der Waals surface area contributed by atoms with Gasteiger partial charge >= 0.3 is 0 Å². The van der Waals surface area contributed by atoms with Crippen molar-refractivity contribution in [3.05, 3.63) is 102 Å². The molecule has 0 saturated carbocycles. The number of rotatable bonds is 7. The van der Waals surface area contributed by atoms with E-state index in [1.54, 1.807) is 0 Å². The molecular formula is C23H23ClO2S. The molecule has 0 heterocycles. The van der Waals surface area contributed by atoms with E-state index < -0.39 is 21.1 Å². The monoisotopic (exact) mass is 398 g/mol. The molecule has 3 aromatic carbocycles. The molecule has 27 heavy (non-hydrogen) atoms. The third-order valence-electron chi connectivity index (χ3n) is 4.65. The number of benzene rings is 3. The molecule has 0 radical (unpaired) electrons. The standard InChI is InChI=1S/C23H23ClO2S/c1-18-12-15-21(16-13-18)27(26)23(24,20-10-6-3-7-11-20)22(25)17-14-19-8-4-2-5-9-19/h2-13,15-16,22,25H,14,17H2,1H3/t22-,23-,27?/m1/s1. The number of alkyl halides is 1. The van der Waals surface area contributed by atoms with Gasteiger partial charge in [0.05, 0.1) is 16.9 Å². The zero-order chi connectivity index (χ0) is 19.3. The van der Waals surface area contributed by atoms with Gasteiger partial charge in [-0.2, -0.15) is 0 Å². The zero-order valence-corrected chi connectivity index (χ0v) is 16.8. The summed E-state index contributed by atoms with van der Waals surface area (Å²) in [4.78, 5) is 0.609. The van der Waals surface area contributed by atoms with Gasteiger partial charge < -0.3 is 5.11 Å². The fourth-order valence-corrected chi connectivity index (χ4v) is 5.00. The first-order valence-electron chi connectivity index (χ1n) is 8.97. The van der Waals surface area contributed by atoms with Crippen molar-refractivity contribution in [2.45, 2.75) is 35.0 Å². The normalized spacial score (nSPS) is 15.7. The van der Waals surface area contributed by atoms with Crippen molar-refractivity contribution in [1.82, 2.24) is 0 Å². The lowest BCUT2D eigenvalue weighted by Crippen LogP contribution is -2.39. The van der Waals surface area contributed by atoms with Gasteiger partial charge in [0.15, 0.2) is 4.21 Å². The number of aliphatic hydroxyl groups excluding tert-OH is 1. The molecule has 2 nitrogen and oxygen atoms in total. The Balaban J connectivity index is 1.92. The lowest BCUT2D eigenvalue weighted by Gasteiger charge is -2.32. The summed E-state index contributed by atoms with van der Waals surface area (Å²) < 4.78 is 12.0. The molecule has 0 aliphatic rings. The molecule has 3 aromatic rings. The fourth-order valence-electron chi connectivity index (χ4n) is 3.06. The molecule has 4 heteroatoms. The average Bonchev–Trinajstić information content (AvgIpc) is 2.73. The third-order valence-corrected chi connectivity index (χ3v) is 7.29. The van der Waals surface area contributed by atoms with E-state index in [2.05, 4.69) is 0 Å². The highest BCUT2D eigenvalue weighted by molar-refractivity contribution is 7.87. The first-order valence-corrected chi connectivity index (χ1v) is 10.5. The predicted molar refractivity (Wildman–Crippen MR) is 112 cm³/mol. The van der Waals surface area contributed by atoms with Crippen LogP contribution in [-0.4, -0.2) is 15.4 Å². The maximum atomic E-state index is 13.5. The number of aliphatic hydroxyl groups is 1. The molecule has 0 fully saturated rings. The summed E-state index contributed by atoms with van der Waals surface area (Å²) in [5.74, 6) is 0. The number of hydrogen-bond acceptors (Lipinski definition) is 2. The van der Waals surface area contributed by atoms with E-state index in [1.807, 2.05) is 91.9 Å². The molecule has 3 atom stereocenters. The Labute approximate surface area is 168 Å². The number of hydrogen-bond donors (Lipinski definition) is 1. The van der Waals surface area contributed by atoms with Crippen molar-refractivity contribution >= 4 is 22.4 Å². The molecule has 3 rings (SSSR count). The summed E-state index contributed by atoms with van der Waals surface area (Å²) in [5.41, 5.74) is 2.86. The molecule has 1 N–H and O–H groups in total. The van der Waals surface area contributed by atoms with Crippen LogP contribution in [0.4, 0.5) is 0 Å². The van der Waals surface area contributed by atoms with Crippen molar-refractivity contribution < 1.29 is 9.32 Å². The zero-order valence-electron chi connectivity index (χ0n) is 15.2. The molecule has 0 saturated heterocycles. The SMILES string of the molecule is Cc1ccc(S(=O)[C@](Cl)(c2ccccc2)[C@H](O)CCc2ccccc2)cc1. The van der Waals surface area contributed by atoms with Gasteiger partial charge in [-0.1, -0.05) is 90.0 Å². The predicted octanol–water partition coefficient (Wildman–Crippen LogP) is 5.19. The first kappa shape index (κ1) is 19.8. The summed E-state index contributed by atoms with van der Waals surface area (Å²) in [6.45, 7) is 1.98. The van der Waals surface area contributed by atoms with Crippen LogP contribution >= 0.6 is 11.6 Å². The second-order valence-electron chi connectivity index (χ2n) is 6.63. The number of halogens is 1. The van der Waals surface area contributed by atoms with E-state index in [0.717, 1.165) is 11.1 Å². The average molecular weight is 399 g/mol. The summed E-state index contributed by atoms with van der Waals surface area (Å²) >= 11 is 6.96. The Morgan fingerprint density at radius 3 is 2.07 bits per heavy atom. The lowest BCUT2D eigenvalue weighted by molar-refractivity contribution is 0.146. The van der Waals surface area contributed by atoms with E-state index in [0.29, 0.717) is 23.3 Å². The highest BCUT2D eigenvalue weighted by Crippen LogP contribution is 2.41. The van der Waals surface area contributed by atoms with Crippen molar-refractivity contribution in [2.24, 2.45) is 0 Å². The summed E-state index contributed by atoms with van der Waals surface area (Å²) in [6, 6.07) is 26.6. The van der Waals surface area contributed by atoms with E-state index in [4.69, 9.17) is 11.6 Å². The maximum absolute atomic E-state index is 13.5. The van der Waals surface area contributed by atoms with E-state index in [9.17, 15) is 9.32 Å². The van der Waals surface area contributed by atoms with Crippen LogP contribution in [-0.2, 0) is 21.4 Å². The van der Waals surface area contributed by atoms with Gasteiger partial charge in [-0.05, 0) is 43.0 Å². The van der Waals surface area contributed by atoms with Crippen molar-refractivity contribution in [2.75, 3.05) is 0 Å². The van der Waals surface area contributed by atoms with Gasteiger partial charge in [0.1, 0.15) is 0 Å². The number of aryl methyl sites for hydroxylation is 2.